The number of carbonyl (C=O) groups is 1. The Kier molecular flexibility index (Phi) is 4.05. The molecule has 1 heterocycles. The molecule has 3 N–H and O–H groups in total. The Labute approximate surface area is 129 Å². The third-order valence-electron chi connectivity index (χ3n) is 3.59. The zero-order valence-electron chi connectivity index (χ0n) is 12.8. The van der Waals surface area contributed by atoms with E-state index in [0.29, 0.717) is 5.69 Å². The highest BCUT2D eigenvalue weighted by Gasteiger charge is 2.35. The third kappa shape index (κ3) is 3.24. The fraction of sp³-hybridized carbons (Fsp3) is 0.375. The Hall–Kier alpha value is -1.88. The van der Waals surface area contributed by atoms with Gasteiger partial charge in [0.1, 0.15) is 5.01 Å². The fourth-order valence-corrected chi connectivity index (χ4v) is 2.77. The summed E-state index contributed by atoms with van der Waals surface area (Å²) in [5.74, 6) is -0.0347. The van der Waals surface area contributed by atoms with Crippen LogP contribution in [0, 0.1) is 0 Å². The number of rotatable bonds is 4. The molecule has 0 radical (unpaired) electrons. The number of anilines is 1. The van der Waals surface area contributed by atoms with Gasteiger partial charge in [0, 0.05) is 17.3 Å². The minimum atomic E-state index is -0.637. The molecule has 1 aromatic carbocycles. The van der Waals surface area contributed by atoms with Crippen LogP contribution < -0.4 is 11.1 Å². The molecule has 1 amide bonds. The van der Waals surface area contributed by atoms with Crippen LogP contribution in [0.2, 0.25) is 0 Å². The predicted octanol–water partition coefficient (Wildman–Crippen LogP) is 3.05. The lowest BCUT2D eigenvalue weighted by atomic mass is 9.83. The lowest BCUT2D eigenvalue weighted by Crippen LogP contribution is -2.48. The van der Waals surface area contributed by atoms with Gasteiger partial charge in [-0.05, 0) is 45.4 Å². The summed E-state index contributed by atoms with van der Waals surface area (Å²) >= 11 is 1.54. The van der Waals surface area contributed by atoms with E-state index >= 15 is 0 Å². The molecule has 1 aromatic heterocycles. The molecule has 4 nitrogen and oxygen atoms in total. The second-order valence-corrected chi connectivity index (χ2v) is 7.06. The molecule has 0 bridgehead atoms. The highest BCUT2D eigenvalue weighted by molar-refractivity contribution is 7.09. The van der Waals surface area contributed by atoms with Crippen LogP contribution in [0.25, 0.3) is 0 Å². The van der Waals surface area contributed by atoms with Crippen LogP contribution in [0.3, 0.4) is 0 Å². The smallest absolute Gasteiger partial charge is 0.230 e. The summed E-state index contributed by atoms with van der Waals surface area (Å²) in [5.41, 5.74) is 6.21. The number of hydrogen-bond donors (Lipinski definition) is 2. The zero-order valence-corrected chi connectivity index (χ0v) is 13.6. The highest BCUT2D eigenvalue weighted by Crippen LogP contribution is 2.28. The fourth-order valence-electron chi connectivity index (χ4n) is 2.06. The molecule has 0 aliphatic rings. The summed E-state index contributed by atoms with van der Waals surface area (Å²) in [5, 5.41) is 5.89. The summed E-state index contributed by atoms with van der Waals surface area (Å²) in [4.78, 5) is 17.0. The Morgan fingerprint density at radius 3 is 2.33 bits per heavy atom. The van der Waals surface area contributed by atoms with E-state index in [4.69, 9.17) is 5.73 Å². The van der Waals surface area contributed by atoms with Crippen molar-refractivity contribution in [2.24, 2.45) is 0 Å². The van der Waals surface area contributed by atoms with Crippen molar-refractivity contribution in [3.05, 3.63) is 46.4 Å². The van der Waals surface area contributed by atoms with E-state index in [1.807, 2.05) is 57.3 Å². The van der Waals surface area contributed by atoms with Gasteiger partial charge in [-0.25, -0.2) is 4.98 Å². The molecule has 2 aromatic rings. The number of carbonyl (C=O) groups excluding carboxylic acids is 1. The molecule has 21 heavy (non-hydrogen) atoms. The van der Waals surface area contributed by atoms with Crippen LogP contribution >= 0.6 is 11.3 Å². The van der Waals surface area contributed by atoms with Gasteiger partial charge in [0.25, 0.3) is 0 Å². The zero-order chi connectivity index (χ0) is 15.7. The number of nitrogens with zero attached hydrogens (tertiary/aromatic N) is 1. The maximum absolute atomic E-state index is 12.7. The van der Waals surface area contributed by atoms with Crippen LogP contribution in [-0.2, 0) is 15.7 Å². The standard InChI is InChI=1S/C16H21N3OS/c1-15(2,11-5-7-12(17)8-6-11)13(20)19-16(3,4)14-18-9-10-21-14/h5-10H,17H2,1-4H3,(H,19,20). The van der Waals surface area contributed by atoms with Crippen molar-refractivity contribution in [2.45, 2.75) is 38.6 Å². The summed E-state index contributed by atoms with van der Waals surface area (Å²) < 4.78 is 0. The SMILES string of the molecule is CC(C)(NC(=O)C(C)(C)c1ccc(N)cc1)c1nccs1. The Morgan fingerprint density at radius 2 is 1.81 bits per heavy atom. The second-order valence-electron chi connectivity index (χ2n) is 6.16. The third-order valence-corrected chi connectivity index (χ3v) is 4.69. The molecule has 2 rings (SSSR count). The van der Waals surface area contributed by atoms with Gasteiger partial charge in [-0.2, -0.15) is 0 Å². The van der Waals surface area contributed by atoms with Crippen LogP contribution in [-0.4, -0.2) is 10.9 Å². The number of aromatic nitrogens is 1. The molecule has 0 atom stereocenters. The Balaban J connectivity index is 2.21. The minimum Gasteiger partial charge on any atom is -0.399 e. The van der Waals surface area contributed by atoms with E-state index < -0.39 is 11.0 Å². The van der Waals surface area contributed by atoms with Crippen LogP contribution in [0.1, 0.15) is 38.3 Å². The van der Waals surface area contributed by atoms with Crippen LogP contribution in [0.5, 0.6) is 0 Å². The number of benzene rings is 1. The van der Waals surface area contributed by atoms with Gasteiger partial charge in [0.05, 0.1) is 11.0 Å². The molecular weight excluding hydrogens is 282 g/mol. The maximum Gasteiger partial charge on any atom is 0.230 e. The second kappa shape index (κ2) is 5.48. The van der Waals surface area contributed by atoms with Gasteiger partial charge in [-0.1, -0.05) is 12.1 Å². The molecule has 5 heteroatoms. The predicted molar refractivity (Wildman–Crippen MR) is 87.2 cm³/mol. The Bertz CT molecular complexity index is 615. The van der Waals surface area contributed by atoms with Gasteiger partial charge in [0.2, 0.25) is 5.91 Å². The molecule has 0 fully saturated rings. The van der Waals surface area contributed by atoms with Crippen molar-refractivity contribution in [3.8, 4) is 0 Å². The van der Waals surface area contributed by atoms with E-state index in [1.165, 1.54) is 11.3 Å². The monoisotopic (exact) mass is 303 g/mol. The number of hydrogen-bond acceptors (Lipinski definition) is 4. The van der Waals surface area contributed by atoms with Crippen molar-refractivity contribution < 1.29 is 4.79 Å². The first-order valence-electron chi connectivity index (χ1n) is 6.82. The molecule has 112 valence electrons. The molecular formula is C16H21N3OS. The van der Waals surface area contributed by atoms with E-state index in [2.05, 4.69) is 10.3 Å². The molecule has 0 saturated carbocycles. The van der Waals surface area contributed by atoms with Crippen molar-refractivity contribution in [1.29, 1.82) is 0 Å². The van der Waals surface area contributed by atoms with E-state index in [-0.39, 0.29) is 5.91 Å². The summed E-state index contributed by atoms with van der Waals surface area (Å²) in [6.07, 6.45) is 1.75. The van der Waals surface area contributed by atoms with Crippen LogP contribution in [0.4, 0.5) is 5.69 Å². The number of nitrogens with one attached hydrogen (secondary N) is 1. The molecule has 0 saturated heterocycles. The highest BCUT2D eigenvalue weighted by atomic mass is 32.1. The van der Waals surface area contributed by atoms with Crippen molar-refractivity contribution in [3.63, 3.8) is 0 Å². The first-order chi connectivity index (χ1) is 9.73. The van der Waals surface area contributed by atoms with Gasteiger partial charge in [-0.3, -0.25) is 4.79 Å². The van der Waals surface area contributed by atoms with Crippen LogP contribution in [0.15, 0.2) is 35.8 Å². The molecule has 0 spiro atoms. The topological polar surface area (TPSA) is 68.0 Å². The number of amides is 1. The van der Waals surface area contributed by atoms with Gasteiger partial charge >= 0.3 is 0 Å². The van der Waals surface area contributed by atoms with Crippen molar-refractivity contribution >= 4 is 22.9 Å². The number of nitrogens with two attached hydrogens (primary N) is 1. The summed E-state index contributed by atoms with van der Waals surface area (Å²) in [7, 11) is 0. The van der Waals surface area contributed by atoms with Gasteiger partial charge < -0.3 is 11.1 Å². The lowest BCUT2D eigenvalue weighted by Gasteiger charge is -2.31. The molecule has 0 unspecified atom stereocenters. The van der Waals surface area contributed by atoms with Gasteiger partial charge in [0.15, 0.2) is 0 Å². The van der Waals surface area contributed by atoms with Gasteiger partial charge in [-0.15, -0.1) is 11.3 Å². The number of nitrogen functional groups attached to an aromatic ring is 1. The number of thiazole rings is 1. The van der Waals surface area contributed by atoms with E-state index in [9.17, 15) is 4.79 Å². The molecule has 0 aliphatic heterocycles. The van der Waals surface area contributed by atoms with Crippen molar-refractivity contribution in [1.82, 2.24) is 10.3 Å². The largest absolute Gasteiger partial charge is 0.399 e. The molecule has 0 aliphatic carbocycles. The van der Waals surface area contributed by atoms with E-state index in [1.54, 1.807) is 6.20 Å². The normalized spacial score (nSPS) is 12.2. The lowest BCUT2D eigenvalue weighted by molar-refractivity contribution is -0.127. The summed E-state index contributed by atoms with van der Waals surface area (Å²) in [6, 6.07) is 7.42. The first kappa shape index (κ1) is 15.5. The Morgan fingerprint density at radius 1 is 1.19 bits per heavy atom. The maximum atomic E-state index is 12.7. The quantitative estimate of drug-likeness (QED) is 0.853. The average molecular weight is 303 g/mol. The first-order valence-corrected chi connectivity index (χ1v) is 7.70. The average Bonchev–Trinajstić information content (AvgIpc) is 2.93. The summed E-state index contributed by atoms with van der Waals surface area (Å²) in [6.45, 7) is 7.74. The van der Waals surface area contributed by atoms with E-state index in [0.717, 1.165) is 10.6 Å². The minimum absolute atomic E-state index is 0.0347. The van der Waals surface area contributed by atoms with Crippen molar-refractivity contribution in [2.75, 3.05) is 5.73 Å².